The number of hydroxylamine groups is 2. The highest BCUT2D eigenvalue weighted by Gasteiger charge is 2.32. The van der Waals surface area contributed by atoms with Crippen LogP contribution in [0, 0.1) is 0 Å². The number of carbonyl (C=O) groups is 4. The number of aliphatic carboxylic acids is 2. The first kappa shape index (κ1) is 26.5. The summed E-state index contributed by atoms with van der Waals surface area (Å²) in [6, 6.07) is 0. The molecular weight excluding hydrogens is 384 g/mol. The van der Waals surface area contributed by atoms with Gasteiger partial charge in [-0.2, -0.15) is 0 Å². The van der Waals surface area contributed by atoms with Gasteiger partial charge in [-0.15, -0.1) is 0 Å². The van der Waals surface area contributed by atoms with Gasteiger partial charge >= 0.3 is 0 Å². The second-order valence-corrected chi connectivity index (χ2v) is 6.81. The van der Waals surface area contributed by atoms with Gasteiger partial charge in [0.15, 0.2) is 0 Å². The average Bonchev–Trinajstić information content (AvgIpc) is 2.63. The molecule has 2 amide bonds. The van der Waals surface area contributed by atoms with E-state index in [1.165, 1.54) is 12.5 Å². The molecule has 0 rings (SSSR count). The van der Waals surface area contributed by atoms with Crippen LogP contribution in [0.2, 0.25) is 0 Å². The van der Waals surface area contributed by atoms with Crippen molar-refractivity contribution in [1.82, 2.24) is 10.4 Å². The maximum absolute atomic E-state index is 11.7. The van der Waals surface area contributed by atoms with E-state index in [2.05, 4.69) is 12.2 Å². The number of carbonyl (C=O) groups excluding carboxylic acids is 4. The van der Waals surface area contributed by atoms with E-state index in [9.17, 15) is 39.7 Å². The van der Waals surface area contributed by atoms with Crippen LogP contribution in [-0.2, 0) is 19.2 Å². The number of amides is 2. The Morgan fingerprint density at radius 1 is 1.03 bits per heavy atom. The van der Waals surface area contributed by atoms with Gasteiger partial charge in [-0.1, -0.05) is 38.7 Å². The second kappa shape index (κ2) is 14.5. The molecule has 0 aromatic carbocycles. The molecule has 0 heterocycles. The van der Waals surface area contributed by atoms with Crippen LogP contribution >= 0.6 is 0 Å². The Balaban J connectivity index is 4.10. The zero-order chi connectivity index (χ0) is 22.3. The Morgan fingerprint density at radius 3 is 2.28 bits per heavy atom. The molecular formula is C19H30N2O8-2. The van der Waals surface area contributed by atoms with Crippen LogP contribution in [0.25, 0.3) is 0 Å². The Kier molecular flexibility index (Phi) is 13.3. The molecule has 29 heavy (non-hydrogen) atoms. The molecule has 10 nitrogen and oxygen atoms in total. The summed E-state index contributed by atoms with van der Waals surface area (Å²) in [5.41, 5.74) is -2.87. The summed E-state index contributed by atoms with van der Waals surface area (Å²) >= 11 is 0. The molecule has 0 aliphatic heterocycles. The van der Waals surface area contributed by atoms with Gasteiger partial charge in [-0.3, -0.25) is 14.8 Å². The topological polar surface area (TPSA) is 170 Å². The molecule has 0 saturated carbocycles. The molecule has 166 valence electrons. The molecule has 0 aliphatic rings. The highest BCUT2D eigenvalue weighted by molar-refractivity contribution is 5.89. The first-order chi connectivity index (χ1) is 13.6. The lowest BCUT2D eigenvalue weighted by Crippen LogP contribution is -2.53. The number of allylic oxidation sites excluding steroid dienone is 1. The first-order valence-electron chi connectivity index (χ1n) is 9.69. The minimum absolute atomic E-state index is 0.0290. The number of carboxylic acids is 2. The monoisotopic (exact) mass is 414 g/mol. The van der Waals surface area contributed by atoms with E-state index >= 15 is 0 Å². The van der Waals surface area contributed by atoms with E-state index in [-0.39, 0.29) is 19.5 Å². The smallest absolute Gasteiger partial charge is 0.269 e. The van der Waals surface area contributed by atoms with Crippen LogP contribution in [0.4, 0.5) is 0 Å². The minimum atomic E-state index is -2.87. The number of hydrogen-bond donors (Lipinski definition) is 3. The van der Waals surface area contributed by atoms with E-state index in [0.717, 1.165) is 32.1 Å². The molecule has 1 unspecified atom stereocenters. The van der Waals surface area contributed by atoms with Gasteiger partial charge < -0.3 is 30.2 Å². The number of nitrogens with one attached hydrogen (secondary N) is 1. The molecule has 0 fully saturated rings. The number of rotatable bonds is 16. The Bertz CT molecular complexity index is 579. The van der Waals surface area contributed by atoms with Crippen LogP contribution in [-0.4, -0.2) is 57.8 Å². The summed E-state index contributed by atoms with van der Waals surface area (Å²) in [5, 5.41) is 43.4. The Morgan fingerprint density at radius 2 is 1.69 bits per heavy atom. The highest BCUT2D eigenvalue weighted by atomic mass is 16.5. The first-order valence-corrected chi connectivity index (χ1v) is 9.69. The van der Waals surface area contributed by atoms with E-state index in [0.29, 0.717) is 5.06 Å². The standard InChI is InChI=1S/C19H32N2O8/c1-2-3-4-5-6-7-8-10-16(23)21(29)12-9-11-20-15(22)13-19(28,18(26)27)14-17(24)25/h8,10,28-29H,2-7,9,11-14H2,1H3,(H,20,22)(H,24,25)(H,26,27)/p-2/b10-8+. The van der Waals surface area contributed by atoms with E-state index in [4.69, 9.17) is 0 Å². The largest absolute Gasteiger partial charge is 0.550 e. The van der Waals surface area contributed by atoms with Crippen LogP contribution in [0.1, 0.15) is 64.7 Å². The van der Waals surface area contributed by atoms with Crippen molar-refractivity contribution in [2.75, 3.05) is 13.1 Å². The predicted octanol–water partition coefficient (Wildman–Crippen LogP) is -1.36. The fourth-order valence-electron chi connectivity index (χ4n) is 2.48. The molecule has 0 aromatic rings. The third-order valence-electron chi connectivity index (χ3n) is 4.13. The number of aliphatic hydroxyl groups is 1. The number of nitrogens with zero attached hydrogens (tertiary/aromatic N) is 1. The summed E-state index contributed by atoms with van der Waals surface area (Å²) in [4.78, 5) is 44.7. The molecule has 0 saturated heterocycles. The zero-order valence-corrected chi connectivity index (χ0v) is 16.7. The van der Waals surface area contributed by atoms with Crippen molar-refractivity contribution in [3.8, 4) is 0 Å². The summed E-state index contributed by atoms with van der Waals surface area (Å²) < 4.78 is 0. The fourth-order valence-corrected chi connectivity index (χ4v) is 2.48. The van der Waals surface area contributed by atoms with E-state index in [1.54, 1.807) is 6.08 Å². The van der Waals surface area contributed by atoms with Crippen molar-refractivity contribution in [2.24, 2.45) is 0 Å². The van der Waals surface area contributed by atoms with Crippen molar-refractivity contribution in [2.45, 2.75) is 70.3 Å². The van der Waals surface area contributed by atoms with Crippen LogP contribution in [0.15, 0.2) is 12.2 Å². The molecule has 0 aliphatic carbocycles. The third kappa shape index (κ3) is 12.6. The normalized spacial score (nSPS) is 13.1. The van der Waals surface area contributed by atoms with Gasteiger partial charge in [-0.05, 0) is 19.3 Å². The third-order valence-corrected chi connectivity index (χ3v) is 4.13. The van der Waals surface area contributed by atoms with Crippen molar-refractivity contribution < 1.29 is 39.7 Å². The summed E-state index contributed by atoms with van der Waals surface area (Å²) in [7, 11) is 0. The highest BCUT2D eigenvalue weighted by Crippen LogP contribution is 2.14. The maximum Gasteiger partial charge on any atom is 0.269 e. The van der Waals surface area contributed by atoms with Crippen molar-refractivity contribution >= 4 is 23.8 Å². The van der Waals surface area contributed by atoms with Gasteiger partial charge in [0.2, 0.25) is 5.91 Å². The van der Waals surface area contributed by atoms with Crippen LogP contribution < -0.4 is 15.5 Å². The van der Waals surface area contributed by atoms with Crippen LogP contribution in [0.3, 0.4) is 0 Å². The molecule has 0 radical (unpaired) electrons. The van der Waals surface area contributed by atoms with Crippen molar-refractivity contribution in [3.63, 3.8) is 0 Å². The summed E-state index contributed by atoms with van der Waals surface area (Å²) in [6.45, 7) is 2.02. The van der Waals surface area contributed by atoms with Crippen molar-refractivity contribution in [3.05, 3.63) is 12.2 Å². The summed E-state index contributed by atoms with van der Waals surface area (Å²) in [5.74, 6) is -5.45. The molecule has 1 atom stereocenters. The van der Waals surface area contributed by atoms with Gasteiger partial charge in [0.05, 0.1) is 18.9 Å². The van der Waals surface area contributed by atoms with Gasteiger partial charge in [0.1, 0.15) is 5.60 Å². The lowest BCUT2D eigenvalue weighted by atomic mass is 9.95. The van der Waals surface area contributed by atoms with Gasteiger partial charge in [-0.25, -0.2) is 5.06 Å². The number of unbranched alkanes of at least 4 members (excludes halogenated alkanes) is 5. The minimum Gasteiger partial charge on any atom is -0.550 e. The van der Waals surface area contributed by atoms with Crippen LogP contribution in [0.5, 0.6) is 0 Å². The summed E-state index contributed by atoms with van der Waals surface area (Å²) in [6.07, 6.45) is 7.12. The quantitative estimate of drug-likeness (QED) is 0.120. The van der Waals surface area contributed by atoms with E-state index < -0.39 is 42.2 Å². The second-order valence-electron chi connectivity index (χ2n) is 6.81. The Hall–Kier alpha value is -2.46. The fraction of sp³-hybridized carbons (Fsp3) is 0.684. The average molecular weight is 414 g/mol. The zero-order valence-electron chi connectivity index (χ0n) is 16.7. The number of carboxylic acid groups (broad SMARTS) is 2. The lowest BCUT2D eigenvalue weighted by molar-refractivity contribution is -0.333. The van der Waals surface area contributed by atoms with E-state index in [1.807, 2.05) is 0 Å². The molecule has 10 heteroatoms. The number of hydrogen-bond acceptors (Lipinski definition) is 8. The molecule has 0 aromatic heterocycles. The predicted molar refractivity (Wildman–Crippen MR) is 97.8 cm³/mol. The van der Waals surface area contributed by atoms with Gasteiger partial charge in [0, 0.05) is 25.0 Å². The molecule has 3 N–H and O–H groups in total. The molecule has 0 bridgehead atoms. The van der Waals surface area contributed by atoms with Crippen molar-refractivity contribution in [1.29, 1.82) is 0 Å². The lowest BCUT2D eigenvalue weighted by Gasteiger charge is -2.28. The maximum atomic E-state index is 11.7. The Labute approximate surface area is 170 Å². The molecule has 0 spiro atoms. The SMILES string of the molecule is CCCCCCC/C=C/C(=O)N(O)CCCNC(=O)CC(O)(CC(=O)[O-])C(=O)[O-]. The van der Waals surface area contributed by atoms with Gasteiger partial charge in [0.25, 0.3) is 5.91 Å².